The molecule has 1 rings (SSSR count). The number of hydrogen-bond acceptors (Lipinski definition) is 0. The Morgan fingerprint density at radius 1 is 0.900 bits per heavy atom. The van der Waals surface area contributed by atoms with E-state index in [1.165, 1.54) is 0 Å². The summed E-state index contributed by atoms with van der Waals surface area (Å²) in [6, 6.07) is 0. The van der Waals surface area contributed by atoms with Crippen molar-refractivity contribution in [2.75, 3.05) is 0 Å². The second-order valence-corrected chi connectivity index (χ2v) is 4.86. The molecule has 0 spiro atoms. The molecule has 0 atom stereocenters. The van der Waals surface area contributed by atoms with Gasteiger partial charge in [0.1, 0.15) is 9.21 Å². The van der Waals surface area contributed by atoms with Gasteiger partial charge in [0.25, 0.3) is 0 Å². The zero-order valence-electron chi connectivity index (χ0n) is 4.96. The molecule has 0 bridgehead atoms. The SMILES string of the molecule is Cn1c(Br)c(Br)c(Br)c1Br. The highest BCUT2D eigenvalue weighted by Gasteiger charge is 2.12. The third-order valence-electron chi connectivity index (χ3n) is 1.14. The summed E-state index contributed by atoms with van der Waals surface area (Å²) in [7, 11) is 1.96. The van der Waals surface area contributed by atoms with Gasteiger partial charge >= 0.3 is 0 Å². The summed E-state index contributed by atoms with van der Waals surface area (Å²) in [5, 5.41) is 0. The van der Waals surface area contributed by atoms with Gasteiger partial charge in [-0.25, -0.2) is 0 Å². The number of halogens is 4. The summed E-state index contributed by atoms with van der Waals surface area (Å²) in [5.41, 5.74) is 0. The fourth-order valence-electron chi connectivity index (χ4n) is 0.562. The van der Waals surface area contributed by atoms with E-state index in [1.54, 1.807) is 0 Å². The van der Waals surface area contributed by atoms with Crippen LogP contribution < -0.4 is 0 Å². The molecular weight excluding hydrogens is 394 g/mol. The first-order chi connectivity index (χ1) is 4.55. The quantitative estimate of drug-likeness (QED) is 0.623. The molecule has 10 heavy (non-hydrogen) atoms. The van der Waals surface area contributed by atoms with Crippen molar-refractivity contribution in [2.24, 2.45) is 7.05 Å². The molecule has 0 saturated heterocycles. The van der Waals surface area contributed by atoms with E-state index in [4.69, 9.17) is 0 Å². The Kier molecular flexibility index (Phi) is 3.06. The Balaban J connectivity index is 3.44. The summed E-state index contributed by atoms with van der Waals surface area (Å²) >= 11 is 13.6. The van der Waals surface area contributed by atoms with Gasteiger partial charge in [0.2, 0.25) is 0 Å². The molecule has 0 aliphatic heterocycles. The zero-order chi connectivity index (χ0) is 7.89. The summed E-state index contributed by atoms with van der Waals surface area (Å²) in [5.74, 6) is 0. The van der Waals surface area contributed by atoms with Crippen molar-refractivity contribution in [1.29, 1.82) is 0 Å². The molecule has 56 valence electrons. The molecular formula is C5H3Br4N. The molecule has 0 aliphatic rings. The lowest BCUT2D eigenvalue weighted by molar-refractivity contribution is 0.873. The fourth-order valence-corrected chi connectivity index (χ4v) is 2.99. The number of nitrogens with zero attached hydrogens (tertiary/aromatic N) is 1. The summed E-state index contributed by atoms with van der Waals surface area (Å²) in [4.78, 5) is 0. The molecule has 0 aromatic carbocycles. The lowest BCUT2D eigenvalue weighted by Crippen LogP contribution is -1.85. The van der Waals surface area contributed by atoms with Crippen molar-refractivity contribution >= 4 is 63.7 Å². The highest BCUT2D eigenvalue weighted by atomic mass is 79.9. The van der Waals surface area contributed by atoms with Crippen molar-refractivity contribution in [1.82, 2.24) is 4.57 Å². The Morgan fingerprint density at radius 2 is 1.20 bits per heavy atom. The van der Waals surface area contributed by atoms with E-state index >= 15 is 0 Å². The maximum absolute atomic E-state index is 3.41. The van der Waals surface area contributed by atoms with E-state index in [2.05, 4.69) is 63.7 Å². The maximum atomic E-state index is 3.41. The average molecular weight is 397 g/mol. The predicted octanol–water partition coefficient (Wildman–Crippen LogP) is 4.08. The normalized spacial score (nSPS) is 10.5. The fraction of sp³-hybridized carbons (Fsp3) is 0.200. The lowest BCUT2D eigenvalue weighted by atomic mass is 10.7. The van der Waals surface area contributed by atoms with Crippen LogP contribution in [-0.2, 0) is 7.05 Å². The van der Waals surface area contributed by atoms with Crippen LogP contribution in [0.15, 0.2) is 18.2 Å². The van der Waals surface area contributed by atoms with Crippen LogP contribution in [0.5, 0.6) is 0 Å². The van der Waals surface area contributed by atoms with Crippen molar-refractivity contribution in [2.45, 2.75) is 0 Å². The van der Waals surface area contributed by atoms with Gasteiger partial charge in [-0.1, -0.05) is 0 Å². The van der Waals surface area contributed by atoms with Crippen LogP contribution >= 0.6 is 63.7 Å². The summed E-state index contributed by atoms with van der Waals surface area (Å²) in [6.45, 7) is 0. The van der Waals surface area contributed by atoms with E-state index < -0.39 is 0 Å². The second kappa shape index (κ2) is 3.29. The van der Waals surface area contributed by atoms with Crippen molar-refractivity contribution in [3.63, 3.8) is 0 Å². The highest BCUT2D eigenvalue weighted by molar-refractivity contribution is 9.15. The van der Waals surface area contributed by atoms with Crippen LogP contribution in [0.3, 0.4) is 0 Å². The van der Waals surface area contributed by atoms with Gasteiger partial charge in [-0.2, -0.15) is 0 Å². The molecule has 5 heteroatoms. The Morgan fingerprint density at radius 3 is 1.30 bits per heavy atom. The van der Waals surface area contributed by atoms with Crippen molar-refractivity contribution in [3.05, 3.63) is 18.2 Å². The first kappa shape index (κ1) is 9.29. The van der Waals surface area contributed by atoms with Gasteiger partial charge in [-0.3, -0.25) is 0 Å². The molecule has 0 saturated carbocycles. The first-order valence-electron chi connectivity index (χ1n) is 2.40. The number of hydrogen-bond donors (Lipinski definition) is 0. The monoisotopic (exact) mass is 393 g/mol. The Hall–Kier alpha value is 1.20. The number of rotatable bonds is 0. The van der Waals surface area contributed by atoms with Gasteiger partial charge in [0, 0.05) is 7.05 Å². The molecule has 0 radical (unpaired) electrons. The van der Waals surface area contributed by atoms with Crippen molar-refractivity contribution in [3.8, 4) is 0 Å². The third-order valence-corrected chi connectivity index (χ3v) is 6.14. The Bertz CT molecular complexity index is 185. The minimum absolute atomic E-state index is 1.02. The van der Waals surface area contributed by atoms with Gasteiger partial charge < -0.3 is 4.57 Å². The molecule has 0 amide bonds. The topological polar surface area (TPSA) is 4.93 Å². The molecule has 1 aromatic heterocycles. The molecule has 1 aromatic rings. The second-order valence-electron chi connectivity index (χ2n) is 1.77. The van der Waals surface area contributed by atoms with E-state index in [-0.39, 0.29) is 0 Å². The minimum atomic E-state index is 1.02. The zero-order valence-corrected chi connectivity index (χ0v) is 11.3. The largest absolute Gasteiger partial charge is 0.331 e. The Labute approximate surface area is 92.7 Å². The van der Waals surface area contributed by atoms with Crippen LogP contribution in [0.2, 0.25) is 0 Å². The molecule has 0 N–H and O–H groups in total. The van der Waals surface area contributed by atoms with Crippen LogP contribution in [0.1, 0.15) is 0 Å². The van der Waals surface area contributed by atoms with E-state index in [9.17, 15) is 0 Å². The molecule has 1 nitrogen and oxygen atoms in total. The molecule has 0 aliphatic carbocycles. The lowest BCUT2D eigenvalue weighted by Gasteiger charge is -1.94. The van der Waals surface area contributed by atoms with Gasteiger partial charge in [0.15, 0.2) is 0 Å². The molecule has 0 fully saturated rings. The summed E-state index contributed by atoms with van der Waals surface area (Å²) < 4.78 is 6.08. The summed E-state index contributed by atoms with van der Waals surface area (Å²) in [6.07, 6.45) is 0. The van der Waals surface area contributed by atoms with Gasteiger partial charge in [-0.05, 0) is 63.7 Å². The van der Waals surface area contributed by atoms with Gasteiger partial charge in [-0.15, -0.1) is 0 Å². The average Bonchev–Trinajstić information content (AvgIpc) is 2.07. The predicted molar refractivity (Wildman–Crippen MR) is 56.2 cm³/mol. The van der Waals surface area contributed by atoms with Gasteiger partial charge in [0.05, 0.1) is 8.95 Å². The molecule has 1 heterocycles. The van der Waals surface area contributed by atoms with Crippen LogP contribution in [0.25, 0.3) is 0 Å². The van der Waals surface area contributed by atoms with Crippen LogP contribution in [-0.4, -0.2) is 4.57 Å². The smallest absolute Gasteiger partial charge is 0.101 e. The standard InChI is InChI=1S/C5H3Br4N/c1-10-4(8)2(6)3(7)5(10)9/h1H3. The molecule has 0 unspecified atom stereocenters. The van der Waals surface area contributed by atoms with Crippen LogP contribution in [0.4, 0.5) is 0 Å². The number of aromatic nitrogens is 1. The highest BCUT2D eigenvalue weighted by Crippen LogP contribution is 2.38. The van der Waals surface area contributed by atoms with E-state index in [0.717, 1.165) is 18.2 Å². The minimum Gasteiger partial charge on any atom is -0.331 e. The van der Waals surface area contributed by atoms with Crippen molar-refractivity contribution < 1.29 is 0 Å². The van der Waals surface area contributed by atoms with E-state index in [0.29, 0.717) is 0 Å². The third kappa shape index (κ3) is 1.38. The van der Waals surface area contributed by atoms with Crippen LogP contribution in [0, 0.1) is 0 Å². The first-order valence-corrected chi connectivity index (χ1v) is 5.57. The van der Waals surface area contributed by atoms with E-state index in [1.807, 2.05) is 11.6 Å². The maximum Gasteiger partial charge on any atom is 0.101 e.